The summed E-state index contributed by atoms with van der Waals surface area (Å²) >= 11 is 0. The van der Waals surface area contributed by atoms with Crippen LogP contribution in [0.15, 0.2) is 24.5 Å². The Balaban J connectivity index is 2.10. The summed E-state index contributed by atoms with van der Waals surface area (Å²) in [6, 6.07) is 3.98. The van der Waals surface area contributed by atoms with Crippen molar-refractivity contribution in [3.05, 3.63) is 36.2 Å². The summed E-state index contributed by atoms with van der Waals surface area (Å²) in [6.07, 6.45) is 1.42. The van der Waals surface area contributed by atoms with Crippen LogP contribution in [0.1, 0.15) is 5.82 Å². The second kappa shape index (κ2) is 4.18. The van der Waals surface area contributed by atoms with E-state index in [0.29, 0.717) is 17.3 Å². The monoisotopic (exact) mass is 222 g/mol. The third-order valence-electron chi connectivity index (χ3n) is 2.14. The van der Waals surface area contributed by atoms with Crippen LogP contribution in [0, 0.1) is 5.82 Å². The SMILES string of the molecule is Cn1ncnc1COc1cc(F)ccc1N. The molecule has 16 heavy (non-hydrogen) atoms. The third kappa shape index (κ3) is 2.10. The molecule has 6 heteroatoms. The number of aryl methyl sites for hydroxylation is 1. The number of nitrogens with zero attached hydrogens (tertiary/aromatic N) is 3. The van der Waals surface area contributed by atoms with Gasteiger partial charge in [0.2, 0.25) is 0 Å². The van der Waals surface area contributed by atoms with E-state index in [-0.39, 0.29) is 12.4 Å². The largest absolute Gasteiger partial charge is 0.483 e. The molecule has 0 saturated heterocycles. The first kappa shape index (κ1) is 10.4. The number of rotatable bonds is 3. The molecule has 0 aliphatic rings. The molecule has 2 N–H and O–H groups in total. The standard InChI is InChI=1S/C10H11FN4O/c1-15-10(13-6-14-15)5-16-9-4-7(11)2-3-8(9)12/h2-4,6H,5,12H2,1H3. The topological polar surface area (TPSA) is 66.0 Å². The van der Waals surface area contributed by atoms with Gasteiger partial charge in [0.05, 0.1) is 5.69 Å². The van der Waals surface area contributed by atoms with Gasteiger partial charge in [-0.05, 0) is 12.1 Å². The Morgan fingerprint density at radius 2 is 2.31 bits per heavy atom. The van der Waals surface area contributed by atoms with Gasteiger partial charge in [-0.2, -0.15) is 5.10 Å². The van der Waals surface area contributed by atoms with Gasteiger partial charge in [-0.1, -0.05) is 0 Å². The fourth-order valence-electron chi connectivity index (χ4n) is 1.23. The zero-order valence-electron chi connectivity index (χ0n) is 8.72. The van der Waals surface area contributed by atoms with Gasteiger partial charge < -0.3 is 10.5 Å². The molecule has 2 aromatic rings. The molecular formula is C10H11FN4O. The molecule has 0 spiro atoms. The van der Waals surface area contributed by atoms with Gasteiger partial charge >= 0.3 is 0 Å². The summed E-state index contributed by atoms with van der Waals surface area (Å²) in [6.45, 7) is 0.199. The maximum absolute atomic E-state index is 12.9. The number of hydrogen-bond donors (Lipinski definition) is 1. The highest BCUT2D eigenvalue weighted by Crippen LogP contribution is 2.22. The van der Waals surface area contributed by atoms with Crippen molar-refractivity contribution in [2.45, 2.75) is 6.61 Å². The van der Waals surface area contributed by atoms with Crippen LogP contribution < -0.4 is 10.5 Å². The van der Waals surface area contributed by atoms with Crippen LogP contribution in [0.2, 0.25) is 0 Å². The number of nitrogen functional groups attached to an aromatic ring is 1. The van der Waals surface area contributed by atoms with Crippen molar-refractivity contribution in [3.63, 3.8) is 0 Å². The van der Waals surface area contributed by atoms with Gasteiger partial charge in [0.15, 0.2) is 5.82 Å². The lowest BCUT2D eigenvalue weighted by Crippen LogP contribution is -2.05. The predicted octanol–water partition coefficient (Wildman–Crippen LogP) is 1.12. The van der Waals surface area contributed by atoms with Gasteiger partial charge in [-0.15, -0.1) is 0 Å². The molecule has 5 nitrogen and oxygen atoms in total. The number of nitrogens with two attached hydrogens (primary N) is 1. The molecule has 0 aliphatic heterocycles. The number of aromatic nitrogens is 3. The second-order valence-electron chi connectivity index (χ2n) is 3.27. The predicted molar refractivity (Wildman–Crippen MR) is 56.1 cm³/mol. The summed E-state index contributed by atoms with van der Waals surface area (Å²) in [5.74, 6) is 0.564. The van der Waals surface area contributed by atoms with Crippen molar-refractivity contribution in [1.29, 1.82) is 0 Å². The van der Waals surface area contributed by atoms with E-state index in [1.807, 2.05) is 0 Å². The first-order valence-electron chi connectivity index (χ1n) is 4.67. The van der Waals surface area contributed by atoms with E-state index < -0.39 is 0 Å². The van der Waals surface area contributed by atoms with Crippen LogP contribution in [-0.2, 0) is 13.7 Å². The molecule has 0 aliphatic carbocycles. The van der Waals surface area contributed by atoms with Crippen LogP contribution >= 0.6 is 0 Å². The average Bonchev–Trinajstić information content (AvgIpc) is 2.66. The Hall–Kier alpha value is -2.11. The molecule has 0 fully saturated rings. The lowest BCUT2D eigenvalue weighted by molar-refractivity contribution is 0.290. The zero-order valence-corrected chi connectivity index (χ0v) is 8.72. The van der Waals surface area contributed by atoms with Crippen LogP contribution in [-0.4, -0.2) is 14.8 Å². The smallest absolute Gasteiger partial charge is 0.164 e. The summed E-state index contributed by atoms with van der Waals surface area (Å²) in [4.78, 5) is 3.98. The number of halogens is 1. The highest BCUT2D eigenvalue weighted by Gasteiger charge is 2.05. The normalized spacial score (nSPS) is 10.4. The van der Waals surface area contributed by atoms with E-state index in [9.17, 15) is 4.39 Å². The van der Waals surface area contributed by atoms with Crippen molar-refractivity contribution in [3.8, 4) is 5.75 Å². The Morgan fingerprint density at radius 3 is 3.00 bits per heavy atom. The average molecular weight is 222 g/mol. The molecule has 0 radical (unpaired) electrons. The zero-order chi connectivity index (χ0) is 11.5. The molecule has 1 aromatic heterocycles. The van der Waals surface area contributed by atoms with Crippen LogP contribution in [0.3, 0.4) is 0 Å². The molecule has 0 saturated carbocycles. The minimum Gasteiger partial charge on any atom is -0.483 e. The summed E-state index contributed by atoms with van der Waals surface area (Å²) in [7, 11) is 1.75. The van der Waals surface area contributed by atoms with Crippen molar-refractivity contribution in [2.75, 3.05) is 5.73 Å². The van der Waals surface area contributed by atoms with E-state index >= 15 is 0 Å². The van der Waals surface area contributed by atoms with E-state index in [1.165, 1.54) is 24.5 Å². The van der Waals surface area contributed by atoms with Crippen molar-refractivity contribution < 1.29 is 9.13 Å². The minimum absolute atomic E-state index is 0.199. The van der Waals surface area contributed by atoms with Crippen LogP contribution in [0.5, 0.6) is 5.75 Å². The summed E-state index contributed by atoms with van der Waals surface area (Å²) < 4.78 is 19.9. The molecule has 1 heterocycles. The van der Waals surface area contributed by atoms with Crippen LogP contribution in [0.25, 0.3) is 0 Å². The van der Waals surface area contributed by atoms with Gasteiger partial charge in [0.25, 0.3) is 0 Å². The Bertz CT molecular complexity index is 497. The number of benzene rings is 1. The number of anilines is 1. The fraction of sp³-hybridized carbons (Fsp3) is 0.200. The van der Waals surface area contributed by atoms with Crippen molar-refractivity contribution >= 4 is 5.69 Å². The van der Waals surface area contributed by atoms with E-state index in [4.69, 9.17) is 10.5 Å². The number of ether oxygens (including phenoxy) is 1. The van der Waals surface area contributed by atoms with Gasteiger partial charge in [-0.3, -0.25) is 4.68 Å². The summed E-state index contributed by atoms with van der Waals surface area (Å²) in [5, 5.41) is 3.89. The van der Waals surface area contributed by atoms with Gasteiger partial charge in [0.1, 0.15) is 24.5 Å². The molecule has 0 bridgehead atoms. The van der Waals surface area contributed by atoms with Crippen LogP contribution in [0.4, 0.5) is 10.1 Å². The highest BCUT2D eigenvalue weighted by molar-refractivity contribution is 5.52. The first-order valence-corrected chi connectivity index (χ1v) is 4.67. The number of hydrogen-bond acceptors (Lipinski definition) is 4. The van der Waals surface area contributed by atoms with Crippen molar-refractivity contribution in [1.82, 2.24) is 14.8 Å². The Labute approximate surface area is 91.7 Å². The van der Waals surface area contributed by atoms with E-state index in [2.05, 4.69) is 10.1 Å². The highest BCUT2D eigenvalue weighted by atomic mass is 19.1. The summed E-state index contributed by atoms with van der Waals surface area (Å²) in [5.41, 5.74) is 6.02. The second-order valence-corrected chi connectivity index (χ2v) is 3.27. The lowest BCUT2D eigenvalue weighted by atomic mass is 10.3. The van der Waals surface area contributed by atoms with Gasteiger partial charge in [0, 0.05) is 13.1 Å². The Morgan fingerprint density at radius 1 is 1.50 bits per heavy atom. The fourth-order valence-corrected chi connectivity index (χ4v) is 1.23. The maximum atomic E-state index is 12.9. The third-order valence-corrected chi connectivity index (χ3v) is 2.14. The molecule has 0 unspecified atom stereocenters. The molecule has 2 rings (SSSR count). The molecule has 0 amide bonds. The lowest BCUT2D eigenvalue weighted by Gasteiger charge is -2.07. The van der Waals surface area contributed by atoms with E-state index in [0.717, 1.165) is 0 Å². The van der Waals surface area contributed by atoms with E-state index in [1.54, 1.807) is 11.7 Å². The van der Waals surface area contributed by atoms with Crippen molar-refractivity contribution in [2.24, 2.45) is 7.05 Å². The molecule has 84 valence electrons. The van der Waals surface area contributed by atoms with Gasteiger partial charge in [-0.25, -0.2) is 9.37 Å². The molecular weight excluding hydrogens is 211 g/mol. The molecule has 1 aromatic carbocycles. The quantitative estimate of drug-likeness (QED) is 0.790. The minimum atomic E-state index is -0.387. The molecule has 0 atom stereocenters. The first-order chi connectivity index (χ1) is 7.66. The maximum Gasteiger partial charge on any atom is 0.164 e. The Kier molecular flexibility index (Phi) is 2.72.